The fourth-order valence-electron chi connectivity index (χ4n) is 3.31. The Morgan fingerprint density at radius 3 is 2.65 bits per heavy atom. The van der Waals surface area contributed by atoms with Crippen LogP contribution in [-0.2, 0) is 9.53 Å². The van der Waals surface area contributed by atoms with Crippen LogP contribution >= 0.6 is 0 Å². The Kier molecular flexibility index (Phi) is 3.46. The lowest BCUT2D eigenvalue weighted by atomic mass is 9.75. The molecule has 1 saturated carbocycles. The lowest BCUT2D eigenvalue weighted by molar-refractivity contribution is -0.153. The minimum Gasteiger partial charge on any atom is -0.469 e. The predicted molar refractivity (Wildman–Crippen MR) is 66.4 cm³/mol. The van der Waals surface area contributed by atoms with E-state index in [0.717, 1.165) is 13.1 Å². The lowest BCUT2D eigenvalue weighted by Gasteiger charge is -2.44. The minimum atomic E-state index is -0.0386. The van der Waals surface area contributed by atoms with Crippen molar-refractivity contribution in [3.63, 3.8) is 0 Å². The van der Waals surface area contributed by atoms with Crippen molar-refractivity contribution in [1.29, 1.82) is 0 Å². The largest absolute Gasteiger partial charge is 0.469 e. The van der Waals surface area contributed by atoms with Crippen molar-refractivity contribution in [2.45, 2.75) is 32.7 Å². The number of rotatable bonds is 3. The molecule has 0 bridgehead atoms. The van der Waals surface area contributed by atoms with Gasteiger partial charge < -0.3 is 10.5 Å². The summed E-state index contributed by atoms with van der Waals surface area (Å²) in [4.78, 5) is 14.3. The number of carbonyl (C=O) groups is 1. The quantitative estimate of drug-likeness (QED) is 0.743. The van der Waals surface area contributed by atoms with E-state index in [0.29, 0.717) is 18.5 Å². The number of methoxy groups -OCH3 is 1. The van der Waals surface area contributed by atoms with Gasteiger partial charge in [-0.1, -0.05) is 6.92 Å². The van der Waals surface area contributed by atoms with Crippen molar-refractivity contribution in [1.82, 2.24) is 4.90 Å². The van der Waals surface area contributed by atoms with Crippen LogP contribution < -0.4 is 5.73 Å². The predicted octanol–water partition coefficient (Wildman–Crippen LogP) is 0.855. The minimum absolute atomic E-state index is 0.0386. The van der Waals surface area contributed by atoms with Crippen LogP contribution in [-0.4, -0.2) is 43.7 Å². The van der Waals surface area contributed by atoms with Gasteiger partial charge in [-0.05, 0) is 31.1 Å². The van der Waals surface area contributed by atoms with Crippen molar-refractivity contribution in [2.24, 2.45) is 23.0 Å². The van der Waals surface area contributed by atoms with E-state index in [2.05, 4.69) is 18.7 Å². The first kappa shape index (κ1) is 12.8. The smallest absolute Gasteiger partial charge is 0.310 e. The average molecular weight is 240 g/mol. The summed E-state index contributed by atoms with van der Waals surface area (Å²) in [5.41, 5.74) is 5.96. The molecule has 0 amide bonds. The molecule has 98 valence electrons. The van der Waals surface area contributed by atoms with Crippen LogP contribution in [0.1, 0.15) is 26.7 Å². The summed E-state index contributed by atoms with van der Waals surface area (Å²) < 4.78 is 4.98. The fraction of sp³-hybridized carbons (Fsp3) is 0.923. The summed E-state index contributed by atoms with van der Waals surface area (Å²) in [5, 5.41) is 0. The van der Waals surface area contributed by atoms with E-state index in [1.165, 1.54) is 20.0 Å². The molecular weight excluding hydrogens is 216 g/mol. The zero-order valence-electron chi connectivity index (χ0n) is 11.1. The third-order valence-electron chi connectivity index (χ3n) is 4.88. The van der Waals surface area contributed by atoms with Gasteiger partial charge in [-0.25, -0.2) is 0 Å². The molecule has 1 aliphatic heterocycles. The summed E-state index contributed by atoms with van der Waals surface area (Å²) in [5.74, 6) is 0.572. The molecule has 1 heterocycles. The fourth-order valence-corrected chi connectivity index (χ4v) is 3.31. The molecule has 0 aromatic rings. The van der Waals surface area contributed by atoms with Gasteiger partial charge in [-0.3, -0.25) is 9.69 Å². The molecule has 0 aromatic carbocycles. The van der Waals surface area contributed by atoms with Gasteiger partial charge in [0.25, 0.3) is 0 Å². The number of carbonyl (C=O) groups excluding carboxylic acids is 1. The lowest BCUT2D eigenvalue weighted by Crippen LogP contribution is -2.54. The maximum Gasteiger partial charge on any atom is 0.310 e. The first-order valence-corrected chi connectivity index (χ1v) is 6.57. The first-order valence-electron chi connectivity index (χ1n) is 6.57. The molecule has 4 nitrogen and oxygen atoms in total. The Hall–Kier alpha value is -0.610. The molecule has 1 aliphatic carbocycles. The standard InChI is InChI=1S/C13H24N2O2/c1-9-7-15(10(2)6-14)8-11(12(16)17-3)13(9)4-5-13/h9-11H,4-8,14H2,1-3H3. The van der Waals surface area contributed by atoms with Crippen LogP contribution in [0, 0.1) is 17.3 Å². The number of likely N-dealkylation sites (tertiary alicyclic amines) is 1. The van der Waals surface area contributed by atoms with Crippen LogP contribution in [0.15, 0.2) is 0 Å². The average Bonchev–Trinajstić information content (AvgIpc) is 3.12. The molecule has 2 N–H and O–H groups in total. The van der Waals surface area contributed by atoms with Crippen molar-refractivity contribution in [2.75, 3.05) is 26.7 Å². The number of nitrogens with zero attached hydrogens (tertiary/aromatic N) is 1. The van der Waals surface area contributed by atoms with Gasteiger partial charge in [0, 0.05) is 25.7 Å². The van der Waals surface area contributed by atoms with Gasteiger partial charge in [0.15, 0.2) is 0 Å². The molecule has 1 spiro atoms. The molecule has 2 fully saturated rings. The summed E-state index contributed by atoms with van der Waals surface area (Å²) in [6, 6.07) is 0.348. The summed E-state index contributed by atoms with van der Waals surface area (Å²) >= 11 is 0. The molecular formula is C13H24N2O2. The highest BCUT2D eigenvalue weighted by Gasteiger charge is 2.59. The van der Waals surface area contributed by atoms with Crippen molar-refractivity contribution < 1.29 is 9.53 Å². The SMILES string of the molecule is COC(=O)C1CN(C(C)CN)CC(C)C12CC2. The topological polar surface area (TPSA) is 55.6 Å². The van der Waals surface area contributed by atoms with E-state index in [1.807, 2.05) is 0 Å². The summed E-state index contributed by atoms with van der Waals surface area (Å²) in [6.45, 7) is 6.92. The highest BCUT2D eigenvalue weighted by atomic mass is 16.5. The number of piperidine rings is 1. The van der Waals surface area contributed by atoms with E-state index < -0.39 is 0 Å². The first-order chi connectivity index (χ1) is 8.05. The molecule has 2 aliphatic rings. The number of esters is 1. The van der Waals surface area contributed by atoms with Crippen LogP contribution in [0.2, 0.25) is 0 Å². The molecule has 3 atom stereocenters. The second-order valence-electron chi connectivity index (χ2n) is 5.75. The van der Waals surface area contributed by atoms with E-state index in [1.54, 1.807) is 0 Å². The van der Waals surface area contributed by atoms with Crippen LogP contribution in [0.25, 0.3) is 0 Å². The number of nitrogens with two attached hydrogens (primary N) is 1. The summed E-state index contributed by atoms with van der Waals surface area (Å²) in [6.07, 6.45) is 2.36. The van der Waals surface area contributed by atoms with Crippen LogP contribution in [0.5, 0.6) is 0 Å². The maximum absolute atomic E-state index is 11.9. The Morgan fingerprint density at radius 2 is 2.18 bits per heavy atom. The Bertz CT molecular complexity index is 302. The molecule has 0 radical (unpaired) electrons. The van der Waals surface area contributed by atoms with Gasteiger partial charge >= 0.3 is 5.97 Å². The second kappa shape index (κ2) is 4.58. The van der Waals surface area contributed by atoms with E-state index in [-0.39, 0.29) is 17.3 Å². The Balaban J connectivity index is 2.13. The van der Waals surface area contributed by atoms with Crippen molar-refractivity contribution >= 4 is 5.97 Å². The van der Waals surface area contributed by atoms with Crippen LogP contribution in [0.3, 0.4) is 0 Å². The zero-order valence-corrected chi connectivity index (χ0v) is 11.1. The highest BCUT2D eigenvalue weighted by molar-refractivity contribution is 5.74. The normalized spacial score (nSPS) is 33.4. The zero-order chi connectivity index (χ0) is 12.6. The highest BCUT2D eigenvalue weighted by Crippen LogP contribution is 2.60. The third kappa shape index (κ3) is 2.08. The van der Waals surface area contributed by atoms with Gasteiger partial charge in [-0.2, -0.15) is 0 Å². The van der Waals surface area contributed by atoms with Gasteiger partial charge in [0.1, 0.15) is 0 Å². The molecule has 0 aromatic heterocycles. The Labute approximate surface area is 103 Å². The molecule has 3 unspecified atom stereocenters. The van der Waals surface area contributed by atoms with Crippen LogP contribution in [0.4, 0.5) is 0 Å². The van der Waals surface area contributed by atoms with Gasteiger partial charge in [0.05, 0.1) is 13.0 Å². The number of hydrogen-bond donors (Lipinski definition) is 1. The maximum atomic E-state index is 11.9. The Morgan fingerprint density at radius 1 is 1.53 bits per heavy atom. The molecule has 1 saturated heterocycles. The molecule has 2 rings (SSSR count). The van der Waals surface area contributed by atoms with E-state index in [9.17, 15) is 4.79 Å². The van der Waals surface area contributed by atoms with Gasteiger partial charge in [0.2, 0.25) is 0 Å². The summed E-state index contributed by atoms with van der Waals surface area (Å²) in [7, 11) is 1.49. The van der Waals surface area contributed by atoms with E-state index in [4.69, 9.17) is 10.5 Å². The molecule has 4 heteroatoms. The van der Waals surface area contributed by atoms with Crippen molar-refractivity contribution in [3.05, 3.63) is 0 Å². The molecule has 17 heavy (non-hydrogen) atoms. The third-order valence-corrected chi connectivity index (χ3v) is 4.88. The number of ether oxygens (including phenoxy) is 1. The van der Waals surface area contributed by atoms with Crippen molar-refractivity contribution in [3.8, 4) is 0 Å². The number of hydrogen-bond acceptors (Lipinski definition) is 4. The second-order valence-corrected chi connectivity index (χ2v) is 5.75. The monoisotopic (exact) mass is 240 g/mol. The van der Waals surface area contributed by atoms with E-state index >= 15 is 0 Å². The van der Waals surface area contributed by atoms with Gasteiger partial charge in [-0.15, -0.1) is 0 Å².